The van der Waals surface area contributed by atoms with E-state index < -0.39 is 0 Å². The Bertz CT molecular complexity index is 610. The first-order valence-electron chi connectivity index (χ1n) is 6.80. The third kappa shape index (κ3) is 5.04. The number of halogens is 1. The zero-order valence-electron chi connectivity index (χ0n) is 12.1. The van der Waals surface area contributed by atoms with Gasteiger partial charge in [-0.1, -0.05) is 23.8 Å². The molecule has 4 heteroatoms. The maximum atomic E-state index is 12.1. The summed E-state index contributed by atoms with van der Waals surface area (Å²) >= 11 is 2.19. The van der Waals surface area contributed by atoms with E-state index in [4.69, 9.17) is 4.74 Å². The van der Waals surface area contributed by atoms with Crippen LogP contribution in [0.15, 0.2) is 48.5 Å². The highest BCUT2D eigenvalue weighted by molar-refractivity contribution is 14.1. The zero-order chi connectivity index (χ0) is 15.2. The summed E-state index contributed by atoms with van der Waals surface area (Å²) < 4.78 is 6.71. The Morgan fingerprint density at radius 1 is 1.24 bits per heavy atom. The molecule has 0 saturated carbocycles. The quantitative estimate of drug-likeness (QED) is 0.783. The Morgan fingerprint density at radius 2 is 1.95 bits per heavy atom. The average molecular weight is 395 g/mol. The molecule has 0 bridgehead atoms. The van der Waals surface area contributed by atoms with E-state index in [9.17, 15) is 4.79 Å². The van der Waals surface area contributed by atoms with Gasteiger partial charge in [0.25, 0.3) is 5.91 Å². The van der Waals surface area contributed by atoms with Crippen LogP contribution in [0.3, 0.4) is 0 Å². The molecule has 21 heavy (non-hydrogen) atoms. The van der Waals surface area contributed by atoms with Crippen LogP contribution >= 0.6 is 22.6 Å². The number of hydrogen-bond donors (Lipinski definition) is 1. The van der Waals surface area contributed by atoms with Crippen LogP contribution in [0.2, 0.25) is 0 Å². The smallest absolute Gasteiger partial charge is 0.251 e. The molecular formula is C17H18INO2. The van der Waals surface area contributed by atoms with Gasteiger partial charge in [0.15, 0.2) is 0 Å². The van der Waals surface area contributed by atoms with Gasteiger partial charge in [0.05, 0.1) is 6.04 Å². The SMILES string of the molecule is Cc1ccc(OCC(C)NC(=O)c2cccc(I)c2)cc1. The highest BCUT2D eigenvalue weighted by Gasteiger charge is 2.10. The fraction of sp³-hybridized carbons (Fsp3) is 0.235. The van der Waals surface area contributed by atoms with Crippen LogP contribution in [0.1, 0.15) is 22.8 Å². The summed E-state index contributed by atoms with van der Waals surface area (Å²) in [5.74, 6) is 0.740. The number of carbonyl (C=O) groups excluding carboxylic acids is 1. The van der Waals surface area contributed by atoms with Crippen molar-refractivity contribution in [1.29, 1.82) is 0 Å². The lowest BCUT2D eigenvalue weighted by Gasteiger charge is -2.15. The molecule has 2 rings (SSSR count). The van der Waals surface area contributed by atoms with Gasteiger partial charge < -0.3 is 10.1 Å². The van der Waals surface area contributed by atoms with Gasteiger partial charge >= 0.3 is 0 Å². The Kier molecular flexibility index (Phi) is 5.61. The molecule has 1 atom stereocenters. The van der Waals surface area contributed by atoms with Gasteiger partial charge in [0, 0.05) is 9.13 Å². The maximum absolute atomic E-state index is 12.1. The molecular weight excluding hydrogens is 377 g/mol. The third-order valence-electron chi connectivity index (χ3n) is 2.99. The van der Waals surface area contributed by atoms with Crippen molar-refractivity contribution in [3.05, 3.63) is 63.2 Å². The van der Waals surface area contributed by atoms with E-state index >= 15 is 0 Å². The predicted molar refractivity (Wildman–Crippen MR) is 92.8 cm³/mol. The minimum Gasteiger partial charge on any atom is -0.491 e. The van der Waals surface area contributed by atoms with Gasteiger partial charge in [0.2, 0.25) is 0 Å². The summed E-state index contributed by atoms with van der Waals surface area (Å²) in [5, 5.41) is 2.94. The fourth-order valence-corrected chi connectivity index (χ4v) is 2.38. The zero-order valence-corrected chi connectivity index (χ0v) is 14.3. The number of carbonyl (C=O) groups is 1. The average Bonchev–Trinajstić information content (AvgIpc) is 2.46. The normalized spacial score (nSPS) is 11.8. The molecule has 2 aromatic carbocycles. The lowest BCUT2D eigenvalue weighted by Crippen LogP contribution is -2.36. The standard InChI is InChI=1S/C17H18INO2/c1-12-6-8-16(9-7-12)21-11-13(2)19-17(20)14-4-3-5-15(18)10-14/h3-10,13H,11H2,1-2H3,(H,19,20). The first kappa shape index (κ1) is 15.8. The molecule has 0 aliphatic carbocycles. The van der Waals surface area contributed by atoms with Crippen LogP contribution < -0.4 is 10.1 Å². The summed E-state index contributed by atoms with van der Waals surface area (Å²) in [6, 6.07) is 15.3. The molecule has 0 aliphatic heterocycles. The molecule has 1 amide bonds. The number of hydrogen-bond acceptors (Lipinski definition) is 2. The van der Waals surface area contributed by atoms with Crippen LogP contribution in [-0.2, 0) is 0 Å². The fourth-order valence-electron chi connectivity index (χ4n) is 1.83. The Morgan fingerprint density at radius 3 is 2.62 bits per heavy atom. The molecule has 0 spiro atoms. The molecule has 1 unspecified atom stereocenters. The van der Waals surface area contributed by atoms with Crippen molar-refractivity contribution in [1.82, 2.24) is 5.32 Å². The van der Waals surface area contributed by atoms with Gasteiger partial charge in [-0.15, -0.1) is 0 Å². The monoisotopic (exact) mass is 395 g/mol. The number of benzene rings is 2. The van der Waals surface area contributed by atoms with Crippen molar-refractivity contribution in [3.63, 3.8) is 0 Å². The van der Waals surface area contributed by atoms with E-state index in [1.165, 1.54) is 5.56 Å². The molecule has 0 saturated heterocycles. The van der Waals surface area contributed by atoms with Crippen molar-refractivity contribution >= 4 is 28.5 Å². The Labute approximate surface area is 138 Å². The van der Waals surface area contributed by atoms with E-state index in [2.05, 4.69) is 27.9 Å². The summed E-state index contributed by atoms with van der Waals surface area (Å²) in [6.07, 6.45) is 0. The van der Waals surface area contributed by atoms with Crippen LogP contribution in [0.25, 0.3) is 0 Å². The number of aryl methyl sites for hydroxylation is 1. The van der Waals surface area contributed by atoms with Gasteiger partial charge in [-0.2, -0.15) is 0 Å². The molecule has 0 aliphatic rings. The Hall–Kier alpha value is -1.56. The predicted octanol–water partition coefficient (Wildman–Crippen LogP) is 3.80. The molecule has 0 heterocycles. The van der Waals surface area contributed by atoms with Crippen molar-refractivity contribution in [2.24, 2.45) is 0 Å². The number of nitrogens with one attached hydrogen (secondary N) is 1. The van der Waals surface area contributed by atoms with E-state index in [0.29, 0.717) is 12.2 Å². The van der Waals surface area contributed by atoms with Gasteiger partial charge in [-0.25, -0.2) is 0 Å². The van der Waals surface area contributed by atoms with E-state index in [-0.39, 0.29) is 11.9 Å². The van der Waals surface area contributed by atoms with Crippen molar-refractivity contribution in [3.8, 4) is 5.75 Å². The Balaban J connectivity index is 1.85. The first-order valence-corrected chi connectivity index (χ1v) is 7.88. The van der Waals surface area contributed by atoms with Gasteiger partial charge in [-0.05, 0) is 66.8 Å². The summed E-state index contributed by atoms with van der Waals surface area (Å²) in [4.78, 5) is 12.1. The largest absolute Gasteiger partial charge is 0.491 e. The topological polar surface area (TPSA) is 38.3 Å². The highest BCUT2D eigenvalue weighted by atomic mass is 127. The number of ether oxygens (including phenoxy) is 1. The second kappa shape index (κ2) is 7.45. The van der Waals surface area contributed by atoms with Gasteiger partial charge in [0.1, 0.15) is 12.4 Å². The third-order valence-corrected chi connectivity index (χ3v) is 3.66. The van der Waals surface area contributed by atoms with Gasteiger partial charge in [-0.3, -0.25) is 4.79 Å². The van der Waals surface area contributed by atoms with E-state index in [1.807, 2.05) is 62.4 Å². The molecule has 3 nitrogen and oxygen atoms in total. The highest BCUT2D eigenvalue weighted by Crippen LogP contribution is 2.12. The minimum absolute atomic E-state index is 0.0586. The number of rotatable bonds is 5. The first-order chi connectivity index (χ1) is 10.0. The molecule has 0 radical (unpaired) electrons. The van der Waals surface area contributed by atoms with Crippen LogP contribution in [-0.4, -0.2) is 18.6 Å². The maximum Gasteiger partial charge on any atom is 0.251 e. The summed E-state index contributed by atoms with van der Waals surface area (Å²) in [5.41, 5.74) is 1.87. The lowest BCUT2D eigenvalue weighted by atomic mass is 10.2. The van der Waals surface area contributed by atoms with Crippen LogP contribution in [0.5, 0.6) is 5.75 Å². The van der Waals surface area contributed by atoms with E-state index in [0.717, 1.165) is 9.32 Å². The summed E-state index contributed by atoms with van der Waals surface area (Å²) in [7, 11) is 0. The molecule has 0 aromatic heterocycles. The number of amides is 1. The minimum atomic E-state index is -0.0754. The van der Waals surface area contributed by atoms with Crippen molar-refractivity contribution < 1.29 is 9.53 Å². The lowest BCUT2D eigenvalue weighted by molar-refractivity contribution is 0.0926. The van der Waals surface area contributed by atoms with Crippen molar-refractivity contribution in [2.75, 3.05) is 6.61 Å². The second-order valence-corrected chi connectivity index (χ2v) is 6.25. The van der Waals surface area contributed by atoms with Crippen LogP contribution in [0, 0.1) is 10.5 Å². The van der Waals surface area contributed by atoms with Crippen molar-refractivity contribution in [2.45, 2.75) is 19.9 Å². The van der Waals surface area contributed by atoms with Crippen LogP contribution in [0.4, 0.5) is 0 Å². The molecule has 0 fully saturated rings. The molecule has 2 aromatic rings. The molecule has 110 valence electrons. The molecule has 1 N–H and O–H groups in total. The second-order valence-electron chi connectivity index (χ2n) is 5.01. The summed E-state index contributed by atoms with van der Waals surface area (Å²) in [6.45, 7) is 4.41. The van der Waals surface area contributed by atoms with E-state index in [1.54, 1.807) is 0 Å².